The first-order valence-corrected chi connectivity index (χ1v) is 12.9. The third kappa shape index (κ3) is 4.84. The number of aromatic nitrogens is 2. The van der Waals surface area contributed by atoms with Gasteiger partial charge in [-0.15, -0.1) is 11.3 Å². The molecule has 6 nitrogen and oxygen atoms in total. The van der Waals surface area contributed by atoms with E-state index in [1.165, 1.54) is 21.8 Å². The first-order valence-electron chi connectivity index (χ1n) is 12.0. The quantitative estimate of drug-likeness (QED) is 0.545. The molecule has 2 aliphatic rings. The summed E-state index contributed by atoms with van der Waals surface area (Å²) in [6, 6.07) is 15.5. The van der Waals surface area contributed by atoms with E-state index >= 15 is 0 Å². The van der Waals surface area contributed by atoms with Crippen molar-refractivity contribution in [3.8, 4) is 0 Å². The fourth-order valence-electron chi connectivity index (χ4n) is 4.68. The first-order chi connectivity index (χ1) is 16.1. The molecule has 0 atom stereocenters. The fourth-order valence-corrected chi connectivity index (χ4v) is 5.43. The van der Waals surface area contributed by atoms with Gasteiger partial charge >= 0.3 is 0 Å². The number of rotatable bonds is 6. The van der Waals surface area contributed by atoms with E-state index in [0.29, 0.717) is 6.04 Å². The highest BCUT2D eigenvalue weighted by Crippen LogP contribution is 2.31. The number of anilines is 3. The number of hydrogen-bond donors (Lipinski definition) is 0. The van der Waals surface area contributed by atoms with E-state index in [4.69, 9.17) is 9.97 Å². The van der Waals surface area contributed by atoms with Crippen LogP contribution < -0.4 is 14.7 Å². The molecule has 0 N–H and O–H groups in total. The normalized spacial score (nSPS) is 16.8. The monoisotopic (exact) mass is 462 g/mol. The molecule has 0 bridgehead atoms. The maximum atomic E-state index is 5.16. The summed E-state index contributed by atoms with van der Waals surface area (Å²) in [4.78, 5) is 21.4. The van der Waals surface area contributed by atoms with Crippen LogP contribution in [-0.4, -0.2) is 60.7 Å². The van der Waals surface area contributed by atoms with E-state index in [1.807, 2.05) is 11.3 Å². The number of hydrogen-bond acceptors (Lipinski definition) is 7. The van der Waals surface area contributed by atoms with Crippen LogP contribution >= 0.6 is 11.3 Å². The van der Waals surface area contributed by atoms with Gasteiger partial charge in [-0.05, 0) is 37.4 Å². The van der Waals surface area contributed by atoms with Crippen molar-refractivity contribution in [2.45, 2.75) is 39.4 Å². The molecule has 0 amide bonds. The topological polar surface area (TPSA) is 38.7 Å². The Bertz CT molecular complexity index is 1040. The Morgan fingerprint density at radius 3 is 2.39 bits per heavy atom. The van der Waals surface area contributed by atoms with Crippen molar-refractivity contribution >= 4 is 28.8 Å². The van der Waals surface area contributed by atoms with Crippen LogP contribution in [0.25, 0.3) is 0 Å². The highest BCUT2D eigenvalue weighted by Gasteiger charge is 2.28. The highest BCUT2D eigenvalue weighted by molar-refractivity contribution is 7.09. The van der Waals surface area contributed by atoms with Gasteiger partial charge < -0.3 is 14.7 Å². The first kappa shape index (κ1) is 22.2. The van der Waals surface area contributed by atoms with Gasteiger partial charge in [-0.25, -0.2) is 4.98 Å². The lowest BCUT2D eigenvalue weighted by molar-refractivity contribution is 0.245. The molecule has 0 spiro atoms. The summed E-state index contributed by atoms with van der Waals surface area (Å²) in [6.45, 7) is 11.3. The Balaban J connectivity index is 1.37. The number of nitrogens with zero attached hydrogens (tertiary/aromatic N) is 6. The molecule has 0 radical (unpaired) electrons. The van der Waals surface area contributed by atoms with Crippen LogP contribution in [0.15, 0.2) is 47.8 Å². The van der Waals surface area contributed by atoms with Gasteiger partial charge in [0.15, 0.2) is 0 Å². The van der Waals surface area contributed by atoms with E-state index in [0.717, 1.165) is 64.0 Å². The minimum atomic E-state index is 0.388. The van der Waals surface area contributed by atoms with Crippen LogP contribution in [0.2, 0.25) is 0 Å². The lowest BCUT2D eigenvalue weighted by Crippen LogP contribution is -2.47. The third-order valence-corrected chi connectivity index (χ3v) is 7.72. The van der Waals surface area contributed by atoms with E-state index in [1.54, 1.807) is 0 Å². The highest BCUT2D eigenvalue weighted by atomic mass is 32.1. The van der Waals surface area contributed by atoms with Crippen LogP contribution in [0.3, 0.4) is 0 Å². The van der Waals surface area contributed by atoms with Crippen LogP contribution in [-0.2, 0) is 19.5 Å². The smallest absolute Gasteiger partial charge is 0.227 e. The summed E-state index contributed by atoms with van der Waals surface area (Å²) < 4.78 is 0. The van der Waals surface area contributed by atoms with Crippen molar-refractivity contribution < 1.29 is 0 Å². The second kappa shape index (κ2) is 9.69. The van der Waals surface area contributed by atoms with E-state index in [9.17, 15) is 0 Å². The third-order valence-electron chi connectivity index (χ3n) is 6.86. The van der Waals surface area contributed by atoms with E-state index in [-0.39, 0.29) is 0 Å². The lowest BCUT2D eigenvalue weighted by atomic mass is 10.0. The van der Waals surface area contributed by atoms with Gasteiger partial charge in [0.2, 0.25) is 5.95 Å². The van der Waals surface area contributed by atoms with Gasteiger partial charge in [-0.2, -0.15) is 4.98 Å². The molecule has 1 saturated heterocycles. The lowest BCUT2D eigenvalue weighted by Gasteiger charge is -2.38. The summed E-state index contributed by atoms with van der Waals surface area (Å²) >= 11 is 1.84. The maximum Gasteiger partial charge on any atom is 0.227 e. The molecule has 5 rings (SSSR count). The molecule has 7 heteroatoms. The van der Waals surface area contributed by atoms with Crippen LogP contribution in [0.4, 0.5) is 17.5 Å². The molecule has 174 valence electrons. The summed E-state index contributed by atoms with van der Waals surface area (Å²) in [5.41, 5.74) is 3.84. The zero-order valence-corrected chi connectivity index (χ0v) is 20.8. The Morgan fingerprint density at radius 2 is 1.70 bits per heavy atom. The van der Waals surface area contributed by atoms with Gasteiger partial charge in [0.1, 0.15) is 5.82 Å². The minimum Gasteiger partial charge on any atom is -0.368 e. The molecule has 4 heterocycles. The molecule has 2 aromatic heterocycles. The molecular formula is C26H34N6S. The molecule has 3 aromatic rings. The van der Waals surface area contributed by atoms with Crippen LogP contribution in [0.1, 0.15) is 30.0 Å². The van der Waals surface area contributed by atoms with Crippen molar-refractivity contribution in [1.29, 1.82) is 0 Å². The molecule has 1 fully saturated rings. The average Bonchev–Trinajstić information content (AvgIpc) is 3.36. The van der Waals surface area contributed by atoms with Crippen molar-refractivity contribution in [2.24, 2.45) is 0 Å². The van der Waals surface area contributed by atoms with Gasteiger partial charge in [0.25, 0.3) is 0 Å². The Hall–Kier alpha value is -2.64. The second-order valence-electron chi connectivity index (χ2n) is 9.33. The predicted molar refractivity (Wildman–Crippen MR) is 139 cm³/mol. The number of para-hydroxylation sites is 1. The van der Waals surface area contributed by atoms with Gasteiger partial charge in [0.05, 0.1) is 5.69 Å². The zero-order valence-electron chi connectivity index (χ0n) is 19.9. The minimum absolute atomic E-state index is 0.388. The Labute approximate surface area is 201 Å². The number of fused-ring (bicyclic) bond motifs is 1. The summed E-state index contributed by atoms with van der Waals surface area (Å²) in [5, 5.41) is 2.16. The summed E-state index contributed by atoms with van der Waals surface area (Å²) in [6.07, 6.45) is 0.985. The average molecular weight is 463 g/mol. The SMILES string of the molecule is CC(C)N(C)c1nc(N2CCN(c3ccccc3)CC2)nc2c1CN(Cc1cccs1)CC2. The molecule has 33 heavy (non-hydrogen) atoms. The molecule has 0 unspecified atom stereocenters. The van der Waals surface area contributed by atoms with Crippen LogP contribution in [0, 0.1) is 0 Å². The van der Waals surface area contributed by atoms with E-state index in [2.05, 4.69) is 88.3 Å². The van der Waals surface area contributed by atoms with Gasteiger partial charge in [0, 0.05) is 81.5 Å². The fraction of sp³-hybridized carbons (Fsp3) is 0.462. The van der Waals surface area contributed by atoms with Crippen molar-refractivity contribution in [2.75, 3.05) is 54.5 Å². The standard InChI is InChI=1S/C26H34N6S/c1-20(2)29(3)25-23-19-30(18-22-10-7-17-33-22)12-11-24(23)27-26(28-25)32-15-13-31(14-16-32)21-8-5-4-6-9-21/h4-10,17,20H,11-16,18-19H2,1-3H3. The second-order valence-corrected chi connectivity index (χ2v) is 10.4. The molecule has 2 aliphatic heterocycles. The Kier molecular flexibility index (Phi) is 6.51. The van der Waals surface area contributed by atoms with E-state index < -0.39 is 0 Å². The number of piperazine rings is 1. The van der Waals surface area contributed by atoms with Crippen molar-refractivity contribution in [1.82, 2.24) is 14.9 Å². The molecular weight excluding hydrogens is 428 g/mol. The maximum absolute atomic E-state index is 5.16. The van der Waals surface area contributed by atoms with Crippen LogP contribution in [0.5, 0.6) is 0 Å². The molecule has 1 aromatic carbocycles. The summed E-state index contributed by atoms with van der Waals surface area (Å²) in [7, 11) is 2.17. The van der Waals surface area contributed by atoms with Gasteiger partial charge in [-0.1, -0.05) is 24.3 Å². The summed E-state index contributed by atoms with van der Waals surface area (Å²) in [5.74, 6) is 2.00. The van der Waals surface area contributed by atoms with Crippen molar-refractivity contribution in [3.05, 3.63) is 64.0 Å². The predicted octanol–water partition coefficient (Wildman–Crippen LogP) is 4.27. The zero-order chi connectivity index (χ0) is 22.8. The Morgan fingerprint density at radius 1 is 0.939 bits per heavy atom. The molecule has 0 aliphatic carbocycles. The van der Waals surface area contributed by atoms with Gasteiger partial charge in [-0.3, -0.25) is 4.90 Å². The van der Waals surface area contributed by atoms with Crippen molar-refractivity contribution in [3.63, 3.8) is 0 Å². The number of benzene rings is 1. The largest absolute Gasteiger partial charge is 0.368 e. The molecule has 0 saturated carbocycles. The number of thiophene rings is 1.